The third-order valence-electron chi connectivity index (χ3n) is 5.53. The van der Waals surface area contributed by atoms with E-state index in [0.29, 0.717) is 5.92 Å². The molecule has 0 unspecified atom stereocenters. The molecule has 0 heterocycles. The molecule has 0 aromatic heterocycles. The van der Waals surface area contributed by atoms with Crippen LogP contribution < -0.4 is 0 Å². The van der Waals surface area contributed by atoms with Crippen LogP contribution in [0.2, 0.25) is 0 Å². The zero-order valence-corrected chi connectivity index (χ0v) is 14.0. The lowest BCUT2D eigenvalue weighted by Gasteiger charge is -2.44. The maximum absolute atomic E-state index is 10.00. The van der Waals surface area contributed by atoms with Crippen molar-refractivity contribution in [3.05, 3.63) is 0 Å². The molecule has 2 heteroatoms. The fourth-order valence-corrected chi connectivity index (χ4v) is 3.49. The highest BCUT2D eigenvalue weighted by Gasteiger charge is 2.53. The molecule has 19 heavy (non-hydrogen) atoms. The van der Waals surface area contributed by atoms with Gasteiger partial charge in [-0.3, -0.25) is 0 Å². The number of rotatable bonds is 6. The molecular formula is C17H34O2. The Morgan fingerprint density at radius 3 is 2.37 bits per heavy atom. The second-order valence-corrected chi connectivity index (χ2v) is 7.83. The van der Waals surface area contributed by atoms with E-state index >= 15 is 0 Å². The van der Waals surface area contributed by atoms with E-state index in [1.807, 2.05) is 0 Å². The van der Waals surface area contributed by atoms with Crippen LogP contribution in [0, 0.1) is 17.3 Å². The van der Waals surface area contributed by atoms with Gasteiger partial charge in [0, 0.05) is 0 Å². The van der Waals surface area contributed by atoms with Crippen molar-refractivity contribution in [3.63, 3.8) is 0 Å². The lowest BCUT2D eigenvalue weighted by molar-refractivity contribution is -0.265. The Bertz CT molecular complexity index is 290. The summed E-state index contributed by atoms with van der Waals surface area (Å²) in [4.78, 5) is 0. The SMILES string of the molecule is CC[C@H](C)CC[C@@H]1CC[C@@](C)(OC(C)(C)O)C1(C)C. The van der Waals surface area contributed by atoms with Crippen molar-refractivity contribution >= 4 is 0 Å². The summed E-state index contributed by atoms with van der Waals surface area (Å²) in [6.45, 7) is 14.9. The Kier molecular flexibility index (Phi) is 5.12. The minimum atomic E-state index is -1.04. The van der Waals surface area contributed by atoms with E-state index in [-0.39, 0.29) is 11.0 Å². The number of hydrogen-bond donors (Lipinski definition) is 1. The Morgan fingerprint density at radius 2 is 1.89 bits per heavy atom. The normalized spacial score (nSPS) is 32.5. The van der Waals surface area contributed by atoms with Crippen molar-refractivity contribution in [2.75, 3.05) is 0 Å². The summed E-state index contributed by atoms with van der Waals surface area (Å²) in [7, 11) is 0. The summed E-state index contributed by atoms with van der Waals surface area (Å²) in [5.74, 6) is 0.476. The fraction of sp³-hybridized carbons (Fsp3) is 1.00. The maximum Gasteiger partial charge on any atom is 0.160 e. The molecule has 2 nitrogen and oxygen atoms in total. The molecule has 114 valence electrons. The van der Waals surface area contributed by atoms with Crippen LogP contribution in [0.5, 0.6) is 0 Å². The zero-order valence-electron chi connectivity index (χ0n) is 14.0. The maximum atomic E-state index is 10.00. The van der Waals surface area contributed by atoms with Gasteiger partial charge in [-0.05, 0) is 57.3 Å². The fourth-order valence-electron chi connectivity index (χ4n) is 3.49. The molecule has 0 saturated heterocycles. The summed E-state index contributed by atoms with van der Waals surface area (Å²) in [5.41, 5.74) is -0.0914. The topological polar surface area (TPSA) is 29.5 Å². The van der Waals surface area contributed by atoms with Gasteiger partial charge < -0.3 is 9.84 Å². The molecule has 1 saturated carbocycles. The number of hydrogen-bond acceptors (Lipinski definition) is 2. The predicted octanol–water partition coefficient (Wildman–Crippen LogP) is 4.75. The van der Waals surface area contributed by atoms with Crippen molar-refractivity contribution in [3.8, 4) is 0 Å². The minimum Gasteiger partial charge on any atom is -0.366 e. The molecule has 1 fully saturated rings. The van der Waals surface area contributed by atoms with Crippen LogP contribution in [0.3, 0.4) is 0 Å². The third kappa shape index (κ3) is 3.95. The Morgan fingerprint density at radius 1 is 1.32 bits per heavy atom. The van der Waals surface area contributed by atoms with E-state index in [1.165, 1.54) is 25.7 Å². The molecule has 1 N–H and O–H groups in total. The van der Waals surface area contributed by atoms with E-state index in [9.17, 15) is 5.11 Å². The van der Waals surface area contributed by atoms with Crippen molar-refractivity contribution in [2.24, 2.45) is 17.3 Å². The first-order valence-electron chi connectivity index (χ1n) is 7.94. The van der Waals surface area contributed by atoms with Crippen LogP contribution in [0.1, 0.15) is 80.6 Å². The van der Waals surface area contributed by atoms with Crippen molar-refractivity contribution in [1.29, 1.82) is 0 Å². The van der Waals surface area contributed by atoms with Crippen LogP contribution >= 0.6 is 0 Å². The van der Waals surface area contributed by atoms with Crippen LogP contribution in [-0.2, 0) is 4.74 Å². The van der Waals surface area contributed by atoms with Gasteiger partial charge in [-0.2, -0.15) is 0 Å². The van der Waals surface area contributed by atoms with Gasteiger partial charge in [0.15, 0.2) is 5.79 Å². The lowest BCUT2D eigenvalue weighted by Crippen LogP contribution is -2.48. The molecule has 0 radical (unpaired) electrons. The highest BCUT2D eigenvalue weighted by atomic mass is 16.6. The van der Waals surface area contributed by atoms with Crippen molar-refractivity contribution < 1.29 is 9.84 Å². The molecule has 0 aromatic rings. The van der Waals surface area contributed by atoms with Crippen LogP contribution in [-0.4, -0.2) is 16.5 Å². The van der Waals surface area contributed by atoms with Crippen LogP contribution in [0.15, 0.2) is 0 Å². The van der Waals surface area contributed by atoms with Gasteiger partial charge in [0.25, 0.3) is 0 Å². The first-order valence-corrected chi connectivity index (χ1v) is 7.94. The first-order chi connectivity index (χ1) is 8.52. The van der Waals surface area contributed by atoms with E-state index in [1.54, 1.807) is 13.8 Å². The smallest absolute Gasteiger partial charge is 0.160 e. The summed E-state index contributed by atoms with van der Waals surface area (Å²) < 4.78 is 6.02. The van der Waals surface area contributed by atoms with Gasteiger partial charge in [-0.25, -0.2) is 0 Å². The van der Waals surface area contributed by atoms with Crippen LogP contribution in [0.4, 0.5) is 0 Å². The van der Waals surface area contributed by atoms with Gasteiger partial charge in [-0.1, -0.05) is 40.5 Å². The lowest BCUT2D eigenvalue weighted by atomic mass is 9.71. The highest BCUT2D eigenvalue weighted by molar-refractivity contribution is 5.02. The average molecular weight is 270 g/mol. The molecular weight excluding hydrogens is 236 g/mol. The number of ether oxygens (including phenoxy) is 1. The average Bonchev–Trinajstić information content (AvgIpc) is 2.45. The Balaban J connectivity index is 2.70. The standard InChI is InChI=1S/C17H34O2/c1-8-13(2)9-10-14-11-12-17(7,15(14,3)4)19-16(5,6)18/h13-14,18H,8-12H2,1-7H3/t13-,14+,17+/m0/s1. The van der Waals surface area contributed by atoms with Gasteiger partial charge in [0.2, 0.25) is 0 Å². The zero-order chi connectivity index (χ0) is 14.9. The van der Waals surface area contributed by atoms with Gasteiger partial charge in [0.05, 0.1) is 5.60 Å². The molecule has 0 aliphatic heterocycles. The monoisotopic (exact) mass is 270 g/mol. The van der Waals surface area contributed by atoms with Crippen molar-refractivity contribution in [1.82, 2.24) is 0 Å². The summed E-state index contributed by atoms with van der Waals surface area (Å²) in [6.07, 6.45) is 6.13. The van der Waals surface area contributed by atoms with Gasteiger partial charge >= 0.3 is 0 Å². The molecule has 3 atom stereocenters. The van der Waals surface area contributed by atoms with E-state index in [0.717, 1.165) is 12.3 Å². The Labute approximate surface area is 119 Å². The second-order valence-electron chi connectivity index (χ2n) is 7.83. The van der Waals surface area contributed by atoms with E-state index in [4.69, 9.17) is 4.74 Å². The second kappa shape index (κ2) is 5.73. The van der Waals surface area contributed by atoms with E-state index < -0.39 is 5.79 Å². The highest BCUT2D eigenvalue weighted by Crippen LogP contribution is 2.54. The largest absolute Gasteiger partial charge is 0.366 e. The number of aliphatic hydroxyl groups is 1. The molecule has 0 spiro atoms. The molecule has 1 aliphatic rings. The summed E-state index contributed by atoms with van der Waals surface area (Å²) in [5, 5.41) is 10.00. The first kappa shape index (κ1) is 17.0. The molecule has 0 amide bonds. The Hall–Kier alpha value is -0.0800. The van der Waals surface area contributed by atoms with Crippen molar-refractivity contribution in [2.45, 2.75) is 92.0 Å². The van der Waals surface area contributed by atoms with E-state index in [2.05, 4.69) is 34.6 Å². The third-order valence-corrected chi connectivity index (χ3v) is 5.53. The molecule has 0 aromatic carbocycles. The van der Waals surface area contributed by atoms with Gasteiger partial charge in [-0.15, -0.1) is 0 Å². The summed E-state index contributed by atoms with van der Waals surface area (Å²) >= 11 is 0. The molecule has 0 bridgehead atoms. The summed E-state index contributed by atoms with van der Waals surface area (Å²) in [6, 6.07) is 0. The van der Waals surface area contributed by atoms with Gasteiger partial charge in [0.1, 0.15) is 0 Å². The van der Waals surface area contributed by atoms with Crippen LogP contribution in [0.25, 0.3) is 0 Å². The molecule has 1 aliphatic carbocycles. The predicted molar refractivity (Wildman–Crippen MR) is 81.0 cm³/mol. The minimum absolute atomic E-state index is 0.125. The molecule has 1 rings (SSSR count). The quantitative estimate of drug-likeness (QED) is 0.706.